The van der Waals surface area contributed by atoms with Crippen molar-refractivity contribution in [1.29, 1.82) is 0 Å². The van der Waals surface area contributed by atoms with Crippen LogP contribution in [0.15, 0.2) is 66.7 Å². The lowest BCUT2D eigenvalue weighted by molar-refractivity contribution is -0.131. The smallest absolute Gasteiger partial charge is 0.328 e. The van der Waals surface area contributed by atoms with Gasteiger partial charge in [0.2, 0.25) is 5.95 Å². The minimum atomic E-state index is -1.01. The summed E-state index contributed by atoms with van der Waals surface area (Å²) < 4.78 is 27.5. The highest BCUT2D eigenvalue weighted by Gasteiger charge is 2.11. The van der Waals surface area contributed by atoms with Crippen molar-refractivity contribution in [2.24, 2.45) is 0 Å². The predicted molar refractivity (Wildman–Crippen MR) is 127 cm³/mol. The van der Waals surface area contributed by atoms with Gasteiger partial charge in [0.05, 0.1) is 15.9 Å². The van der Waals surface area contributed by atoms with E-state index in [1.165, 1.54) is 18.2 Å². The minimum absolute atomic E-state index is 0.304. The number of fused-ring (bicyclic) bond motifs is 1. The van der Waals surface area contributed by atoms with Crippen LogP contribution >= 0.6 is 11.6 Å². The molecule has 0 amide bonds. The van der Waals surface area contributed by atoms with Gasteiger partial charge in [-0.25, -0.2) is 9.18 Å². The van der Waals surface area contributed by atoms with Crippen molar-refractivity contribution in [1.82, 2.24) is 10.2 Å². The fourth-order valence-corrected chi connectivity index (χ4v) is 3.86. The van der Waals surface area contributed by atoms with Gasteiger partial charge in [-0.3, -0.25) is 5.10 Å². The summed E-state index contributed by atoms with van der Waals surface area (Å²) in [7, 11) is 0. The molecule has 4 rings (SSSR count). The first-order valence-electron chi connectivity index (χ1n) is 10.2. The van der Waals surface area contributed by atoms with E-state index < -0.39 is 17.7 Å². The van der Waals surface area contributed by atoms with Gasteiger partial charge in [-0.15, -0.1) is 5.10 Å². The molecule has 2 N–H and O–H groups in total. The van der Waals surface area contributed by atoms with Gasteiger partial charge < -0.3 is 5.11 Å². The van der Waals surface area contributed by atoms with E-state index in [1.807, 2.05) is 36.4 Å². The summed E-state index contributed by atoms with van der Waals surface area (Å²) in [6.07, 6.45) is 5.74. The quantitative estimate of drug-likeness (QED) is 0.234. The molecule has 4 nitrogen and oxygen atoms in total. The number of aromatic amines is 1. The molecular formula is C26H19ClF2N2O2. The topological polar surface area (TPSA) is 66.0 Å². The SMILES string of the molecule is O=C(O)/C=C/c1ccc(/C=C(\CCc2ccc3[nH]nc(F)c3c2)c2ccc(F)cc2Cl)cc1. The van der Waals surface area contributed by atoms with Crippen LogP contribution in [0.25, 0.3) is 28.6 Å². The molecule has 0 unspecified atom stereocenters. The molecule has 0 saturated heterocycles. The second-order valence-corrected chi connectivity index (χ2v) is 7.93. The summed E-state index contributed by atoms with van der Waals surface area (Å²) in [6, 6.07) is 17.1. The second kappa shape index (κ2) is 9.79. The highest BCUT2D eigenvalue weighted by Crippen LogP contribution is 2.31. The lowest BCUT2D eigenvalue weighted by atomic mass is 9.95. The molecule has 3 aromatic carbocycles. The molecule has 0 aliphatic carbocycles. The van der Waals surface area contributed by atoms with Gasteiger partial charge >= 0.3 is 5.97 Å². The normalized spacial score (nSPS) is 12.0. The van der Waals surface area contributed by atoms with Crippen molar-refractivity contribution in [3.8, 4) is 0 Å². The van der Waals surface area contributed by atoms with E-state index in [9.17, 15) is 13.6 Å². The molecule has 1 aromatic heterocycles. The van der Waals surface area contributed by atoms with Crippen LogP contribution in [0.3, 0.4) is 0 Å². The van der Waals surface area contributed by atoms with Crippen molar-refractivity contribution in [3.63, 3.8) is 0 Å². The number of carboxylic acid groups (broad SMARTS) is 1. The van der Waals surface area contributed by atoms with Crippen molar-refractivity contribution < 1.29 is 18.7 Å². The standard InChI is InChI=1S/C26H19ClF2N2O2/c27-23-15-20(28)9-10-21(23)19(13-17-3-1-16(2-4-17)7-12-25(32)33)8-5-18-6-11-24-22(14-18)26(29)31-30-24/h1-4,6-7,9-15H,5,8H2,(H,30,31)(H,32,33)/b12-7+,19-13+. The van der Waals surface area contributed by atoms with Gasteiger partial charge in [0.1, 0.15) is 5.82 Å². The van der Waals surface area contributed by atoms with Crippen molar-refractivity contribution in [3.05, 3.63) is 106 Å². The molecule has 0 aliphatic heterocycles. The Bertz CT molecular complexity index is 1380. The van der Waals surface area contributed by atoms with E-state index in [4.69, 9.17) is 16.7 Å². The van der Waals surface area contributed by atoms with Gasteiger partial charge in [0.15, 0.2) is 0 Å². The number of hydrogen-bond acceptors (Lipinski definition) is 2. The zero-order valence-corrected chi connectivity index (χ0v) is 18.1. The Balaban J connectivity index is 1.64. The van der Waals surface area contributed by atoms with Gasteiger partial charge in [0, 0.05) is 6.08 Å². The summed E-state index contributed by atoms with van der Waals surface area (Å²) in [6.45, 7) is 0. The molecule has 0 aliphatic rings. The maximum absolute atomic E-state index is 13.9. The van der Waals surface area contributed by atoms with Gasteiger partial charge in [-0.1, -0.05) is 54.1 Å². The number of aliphatic carboxylic acids is 1. The van der Waals surface area contributed by atoms with Gasteiger partial charge in [0.25, 0.3) is 0 Å². The third kappa shape index (κ3) is 5.54. The van der Waals surface area contributed by atoms with Crippen LogP contribution < -0.4 is 0 Å². The Labute approximate surface area is 193 Å². The molecule has 166 valence electrons. The third-order valence-electron chi connectivity index (χ3n) is 5.24. The monoisotopic (exact) mass is 464 g/mol. The maximum Gasteiger partial charge on any atom is 0.328 e. The minimum Gasteiger partial charge on any atom is -0.478 e. The zero-order chi connectivity index (χ0) is 23.4. The molecule has 1 heterocycles. The van der Waals surface area contributed by atoms with E-state index in [0.717, 1.165) is 28.3 Å². The fourth-order valence-electron chi connectivity index (χ4n) is 3.57. The number of benzene rings is 3. The number of carbonyl (C=O) groups is 1. The summed E-state index contributed by atoms with van der Waals surface area (Å²) in [5.41, 5.74) is 4.80. The largest absolute Gasteiger partial charge is 0.478 e. The number of rotatable bonds is 7. The summed E-state index contributed by atoms with van der Waals surface area (Å²) >= 11 is 6.35. The van der Waals surface area contributed by atoms with E-state index in [2.05, 4.69) is 10.2 Å². The average Bonchev–Trinajstić information content (AvgIpc) is 3.16. The van der Waals surface area contributed by atoms with Crippen LogP contribution in [0.2, 0.25) is 5.02 Å². The van der Waals surface area contributed by atoms with E-state index in [0.29, 0.717) is 34.3 Å². The molecule has 33 heavy (non-hydrogen) atoms. The first kappa shape index (κ1) is 22.4. The molecule has 0 bridgehead atoms. The van der Waals surface area contributed by atoms with Crippen LogP contribution in [-0.2, 0) is 11.2 Å². The van der Waals surface area contributed by atoms with Crippen LogP contribution in [0.5, 0.6) is 0 Å². The number of halogens is 3. The number of aryl methyl sites for hydroxylation is 1. The van der Waals surface area contributed by atoms with Crippen LogP contribution in [0.1, 0.15) is 28.7 Å². The highest BCUT2D eigenvalue weighted by molar-refractivity contribution is 6.32. The van der Waals surface area contributed by atoms with Crippen LogP contribution in [-0.4, -0.2) is 21.3 Å². The Morgan fingerprint density at radius 2 is 1.79 bits per heavy atom. The Kier molecular flexibility index (Phi) is 6.66. The number of carboxylic acids is 1. The molecular weight excluding hydrogens is 446 g/mol. The van der Waals surface area contributed by atoms with Crippen molar-refractivity contribution >= 4 is 46.2 Å². The predicted octanol–water partition coefficient (Wildman–Crippen LogP) is 6.77. The zero-order valence-electron chi connectivity index (χ0n) is 17.4. The molecule has 7 heteroatoms. The van der Waals surface area contributed by atoms with E-state index in [-0.39, 0.29) is 0 Å². The molecule has 0 fully saturated rings. The maximum atomic E-state index is 13.9. The van der Waals surface area contributed by atoms with Gasteiger partial charge in [-0.05, 0) is 71.0 Å². The number of nitrogens with zero attached hydrogens (tertiary/aromatic N) is 1. The summed E-state index contributed by atoms with van der Waals surface area (Å²) in [5, 5.41) is 15.7. The Morgan fingerprint density at radius 1 is 1.03 bits per heavy atom. The van der Waals surface area contributed by atoms with Gasteiger partial charge in [-0.2, -0.15) is 4.39 Å². The Hall–Kier alpha value is -3.77. The third-order valence-corrected chi connectivity index (χ3v) is 5.55. The molecule has 0 spiro atoms. The summed E-state index contributed by atoms with van der Waals surface area (Å²) in [5.74, 6) is -1.97. The van der Waals surface area contributed by atoms with Crippen molar-refractivity contribution in [2.75, 3.05) is 0 Å². The average molecular weight is 465 g/mol. The van der Waals surface area contributed by atoms with E-state index >= 15 is 0 Å². The molecule has 0 atom stereocenters. The first-order chi connectivity index (χ1) is 15.9. The van der Waals surface area contributed by atoms with Crippen LogP contribution in [0, 0.1) is 11.8 Å². The highest BCUT2D eigenvalue weighted by atomic mass is 35.5. The molecule has 4 aromatic rings. The number of nitrogens with one attached hydrogen (secondary N) is 1. The molecule has 0 saturated carbocycles. The van der Waals surface area contributed by atoms with Crippen molar-refractivity contribution in [2.45, 2.75) is 12.8 Å². The first-order valence-corrected chi connectivity index (χ1v) is 10.6. The number of H-pyrrole nitrogens is 1. The number of aromatic nitrogens is 2. The number of allylic oxidation sites excluding steroid dienone is 1. The molecule has 0 radical (unpaired) electrons. The second-order valence-electron chi connectivity index (χ2n) is 7.53. The summed E-state index contributed by atoms with van der Waals surface area (Å²) in [4.78, 5) is 10.7. The Morgan fingerprint density at radius 3 is 2.52 bits per heavy atom. The van der Waals surface area contributed by atoms with Crippen LogP contribution in [0.4, 0.5) is 8.78 Å². The fraction of sp³-hybridized carbons (Fsp3) is 0.0769. The number of hydrogen-bond donors (Lipinski definition) is 2. The van der Waals surface area contributed by atoms with E-state index in [1.54, 1.807) is 18.2 Å². The lowest BCUT2D eigenvalue weighted by Gasteiger charge is -2.11. The lowest BCUT2D eigenvalue weighted by Crippen LogP contribution is -1.93.